The maximum absolute atomic E-state index is 4.07. The second-order valence-electron chi connectivity index (χ2n) is 2.98. The molecule has 1 heterocycles. The van der Waals surface area contributed by atoms with Gasteiger partial charge >= 0.3 is 0 Å². The first-order valence-electron chi connectivity index (χ1n) is 4.02. The van der Waals surface area contributed by atoms with Gasteiger partial charge in [0, 0.05) is 0 Å². The van der Waals surface area contributed by atoms with Crippen molar-refractivity contribution >= 4 is 19.9 Å². The second-order valence-corrected chi connectivity index (χ2v) is 4.50. The van der Waals surface area contributed by atoms with Crippen LogP contribution in [-0.2, 0) is 0 Å². The van der Waals surface area contributed by atoms with Crippen LogP contribution in [0.4, 0.5) is 0 Å². The highest BCUT2D eigenvalue weighted by atomic mass is 31.1. The zero-order valence-electron chi connectivity index (χ0n) is 7.60. The van der Waals surface area contributed by atoms with Crippen molar-refractivity contribution in [1.82, 2.24) is 19.4 Å². The van der Waals surface area contributed by atoms with Crippen LogP contribution >= 0.6 is 8.88 Å². The van der Waals surface area contributed by atoms with E-state index in [1.807, 2.05) is 42.8 Å². The van der Waals surface area contributed by atoms with Crippen molar-refractivity contribution in [2.45, 2.75) is 0 Å². The molecular formula is C8H11N4P. The van der Waals surface area contributed by atoms with E-state index in [1.54, 1.807) is 0 Å². The molecule has 0 fully saturated rings. The Morgan fingerprint density at radius 3 is 2.85 bits per heavy atom. The smallest absolute Gasteiger partial charge is 0.113 e. The minimum absolute atomic E-state index is 0.516. The van der Waals surface area contributed by atoms with Crippen LogP contribution in [0.3, 0.4) is 0 Å². The monoisotopic (exact) mass is 194 g/mol. The standard InChI is InChI=1S/C8H11N4P/c1-11(2)13-12-8-6-4-3-5-7(8)9-10-12/h3-6,13H,1-2H3. The third-order valence-electron chi connectivity index (χ3n) is 1.65. The Morgan fingerprint density at radius 1 is 1.31 bits per heavy atom. The molecule has 0 bridgehead atoms. The van der Waals surface area contributed by atoms with Gasteiger partial charge in [0.15, 0.2) is 0 Å². The van der Waals surface area contributed by atoms with Crippen LogP contribution in [-0.4, -0.2) is 33.5 Å². The minimum Gasteiger partial charge on any atom is -0.272 e. The summed E-state index contributed by atoms with van der Waals surface area (Å²) in [7, 11) is 4.56. The first kappa shape index (κ1) is 8.60. The lowest BCUT2D eigenvalue weighted by molar-refractivity contribution is 0.673. The molecule has 0 spiro atoms. The fourth-order valence-electron chi connectivity index (χ4n) is 1.13. The molecule has 4 nitrogen and oxygen atoms in total. The number of hydrogen-bond acceptors (Lipinski definition) is 3. The molecule has 2 rings (SSSR count). The van der Waals surface area contributed by atoms with Gasteiger partial charge in [0.05, 0.1) is 14.4 Å². The first-order chi connectivity index (χ1) is 6.27. The van der Waals surface area contributed by atoms with Crippen LogP contribution in [0.1, 0.15) is 0 Å². The van der Waals surface area contributed by atoms with E-state index in [4.69, 9.17) is 0 Å². The minimum atomic E-state index is 0.516. The molecule has 68 valence electrons. The summed E-state index contributed by atoms with van der Waals surface area (Å²) in [5.74, 6) is 0. The number of para-hydroxylation sites is 1. The summed E-state index contributed by atoms with van der Waals surface area (Å²) in [5, 5.41) is 8.14. The van der Waals surface area contributed by atoms with Gasteiger partial charge in [-0.05, 0) is 26.2 Å². The SMILES string of the molecule is CN(C)Pn1nnc2ccccc21. The lowest BCUT2D eigenvalue weighted by Crippen LogP contribution is -2.02. The van der Waals surface area contributed by atoms with Gasteiger partial charge < -0.3 is 0 Å². The van der Waals surface area contributed by atoms with E-state index in [9.17, 15) is 0 Å². The number of aromatic nitrogens is 3. The molecule has 0 aliphatic carbocycles. The van der Waals surface area contributed by atoms with Crippen molar-refractivity contribution in [3.05, 3.63) is 24.3 Å². The Bertz CT molecular complexity index is 409. The highest BCUT2D eigenvalue weighted by Crippen LogP contribution is 2.21. The van der Waals surface area contributed by atoms with E-state index >= 15 is 0 Å². The zero-order chi connectivity index (χ0) is 9.26. The van der Waals surface area contributed by atoms with Crippen molar-refractivity contribution in [1.29, 1.82) is 0 Å². The molecule has 0 N–H and O–H groups in total. The quantitative estimate of drug-likeness (QED) is 0.677. The van der Waals surface area contributed by atoms with Gasteiger partial charge in [0.25, 0.3) is 0 Å². The Labute approximate surface area is 78.4 Å². The van der Waals surface area contributed by atoms with E-state index in [1.165, 1.54) is 0 Å². The summed E-state index contributed by atoms with van der Waals surface area (Å²) >= 11 is 0. The molecule has 1 atom stereocenters. The molecule has 13 heavy (non-hydrogen) atoms. The van der Waals surface area contributed by atoms with Gasteiger partial charge in [-0.3, -0.25) is 4.67 Å². The number of fused-ring (bicyclic) bond motifs is 1. The Hall–Kier alpha value is -0.990. The van der Waals surface area contributed by atoms with E-state index < -0.39 is 0 Å². The van der Waals surface area contributed by atoms with Crippen LogP contribution < -0.4 is 0 Å². The van der Waals surface area contributed by atoms with Gasteiger partial charge in [-0.2, -0.15) is 0 Å². The lowest BCUT2D eigenvalue weighted by atomic mass is 10.3. The molecule has 1 unspecified atom stereocenters. The summed E-state index contributed by atoms with van der Waals surface area (Å²) in [4.78, 5) is 0. The molecule has 5 heteroatoms. The van der Waals surface area contributed by atoms with Crippen LogP contribution in [0.5, 0.6) is 0 Å². The molecule has 0 radical (unpaired) electrons. The first-order valence-corrected chi connectivity index (χ1v) is 4.91. The van der Waals surface area contributed by atoms with E-state index in [0.717, 1.165) is 11.0 Å². The normalized spacial score (nSPS) is 12.2. The summed E-state index contributed by atoms with van der Waals surface area (Å²) < 4.78 is 4.00. The number of rotatable bonds is 2. The number of benzene rings is 1. The maximum Gasteiger partial charge on any atom is 0.113 e. The maximum atomic E-state index is 4.07. The van der Waals surface area contributed by atoms with Gasteiger partial charge in [0.2, 0.25) is 0 Å². The van der Waals surface area contributed by atoms with E-state index in [0.29, 0.717) is 8.88 Å². The largest absolute Gasteiger partial charge is 0.272 e. The van der Waals surface area contributed by atoms with Gasteiger partial charge in [-0.15, -0.1) is 5.10 Å². The molecular weight excluding hydrogens is 183 g/mol. The average Bonchev–Trinajstić information content (AvgIpc) is 2.48. The average molecular weight is 194 g/mol. The molecule has 1 aromatic heterocycles. The van der Waals surface area contributed by atoms with Gasteiger partial charge in [-0.25, -0.2) is 4.45 Å². The van der Waals surface area contributed by atoms with Crippen LogP contribution in [0.25, 0.3) is 11.0 Å². The Kier molecular flexibility index (Phi) is 2.25. The van der Waals surface area contributed by atoms with Gasteiger partial charge in [-0.1, -0.05) is 17.3 Å². The number of nitrogens with zero attached hydrogens (tertiary/aromatic N) is 4. The highest BCUT2D eigenvalue weighted by Gasteiger charge is 2.02. The second kappa shape index (κ2) is 3.40. The van der Waals surface area contributed by atoms with Crippen LogP contribution in [0.2, 0.25) is 0 Å². The fraction of sp³-hybridized carbons (Fsp3) is 0.250. The zero-order valence-corrected chi connectivity index (χ0v) is 8.60. The predicted octanol–water partition coefficient (Wildman–Crippen LogP) is 1.35. The molecule has 0 aliphatic heterocycles. The van der Waals surface area contributed by atoms with Crippen LogP contribution in [0.15, 0.2) is 24.3 Å². The Balaban J connectivity index is 2.46. The van der Waals surface area contributed by atoms with Gasteiger partial charge in [0.1, 0.15) is 5.52 Å². The topological polar surface area (TPSA) is 34.0 Å². The van der Waals surface area contributed by atoms with E-state index in [-0.39, 0.29) is 0 Å². The third-order valence-corrected chi connectivity index (χ3v) is 2.57. The molecule has 0 amide bonds. The third kappa shape index (κ3) is 1.69. The lowest BCUT2D eigenvalue weighted by Gasteiger charge is -2.08. The fourth-order valence-corrected chi connectivity index (χ4v) is 1.89. The summed E-state index contributed by atoms with van der Waals surface area (Å²) in [5.41, 5.74) is 2.05. The molecule has 1 aromatic carbocycles. The molecule has 0 saturated carbocycles. The Morgan fingerprint density at radius 2 is 2.08 bits per heavy atom. The number of hydrogen-bond donors (Lipinski definition) is 0. The summed E-state index contributed by atoms with van der Waals surface area (Å²) in [6.45, 7) is 0. The molecule has 0 aliphatic rings. The summed E-state index contributed by atoms with van der Waals surface area (Å²) in [6.07, 6.45) is 0. The molecule has 0 saturated heterocycles. The van der Waals surface area contributed by atoms with Crippen molar-refractivity contribution in [3.8, 4) is 0 Å². The van der Waals surface area contributed by atoms with Crippen molar-refractivity contribution < 1.29 is 0 Å². The summed E-state index contributed by atoms with van der Waals surface area (Å²) in [6, 6.07) is 7.98. The predicted molar refractivity (Wildman–Crippen MR) is 54.9 cm³/mol. The van der Waals surface area contributed by atoms with E-state index in [2.05, 4.69) is 15.0 Å². The highest BCUT2D eigenvalue weighted by molar-refractivity contribution is 7.33. The van der Waals surface area contributed by atoms with Crippen molar-refractivity contribution in [3.63, 3.8) is 0 Å². The van der Waals surface area contributed by atoms with Crippen LogP contribution in [0, 0.1) is 0 Å². The van der Waals surface area contributed by atoms with Crippen molar-refractivity contribution in [2.24, 2.45) is 0 Å². The molecule has 2 aromatic rings. The van der Waals surface area contributed by atoms with Crippen molar-refractivity contribution in [2.75, 3.05) is 14.1 Å².